The maximum absolute atomic E-state index is 12.1. The Balaban J connectivity index is 0.00000176. The standard InChI is InChI=1S/C16H16ClN3O.ClH/c17-13-6-8-19-15(9-13)16(21)20-14-3-1-11(2-4-14)12-5-7-18-10-12;/h1-4,6,8-9,12,18H,5,7,10H2,(H,20,21);1H/t12-;/m0./s1. The quantitative estimate of drug-likeness (QED) is 0.901. The van der Waals surface area contributed by atoms with Crippen LogP contribution in [0.25, 0.3) is 0 Å². The van der Waals surface area contributed by atoms with E-state index in [0.29, 0.717) is 16.6 Å². The summed E-state index contributed by atoms with van der Waals surface area (Å²) in [5.41, 5.74) is 2.38. The molecule has 1 fully saturated rings. The van der Waals surface area contributed by atoms with E-state index in [2.05, 4.69) is 27.8 Å². The van der Waals surface area contributed by atoms with E-state index in [1.807, 2.05) is 12.1 Å². The predicted molar refractivity (Wildman–Crippen MR) is 91.1 cm³/mol. The zero-order valence-electron chi connectivity index (χ0n) is 11.9. The van der Waals surface area contributed by atoms with Crippen molar-refractivity contribution in [3.63, 3.8) is 0 Å². The van der Waals surface area contributed by atoms with Crippen LogP contribution >= 0.6 is 24.0 Å². The molecule has 6 heteroatoms. The summed E-state index contributed by atoms with van der Waals surface area (Å²) in [6.07, 6.45) is 2.69. The Morgan fingerprint density at radius 1 is 1.27 bits per heavy atom. The van der Waals surface area contributed by atoms with Crippen molar-refractivity contribution in [2.75, 3.05) is 18.4 Å². The van der Waals surface area contributed by atoms with Crippen LogP contribution in [0.5, 0.6) is 0 Å². The summed E-state index contributed by atoms with van der Waals surface area (Å²) in [6, 6.07) is 11.2. The zero-order chi connectivity index (χ0) is 14.7. The highest BCUT2D eigenvalue weighted by Gasteiger charge is 2.16. The van der Waals surface area contributed by atoms with Crippen LogP contribution in [0.2, 0.25) is 5.02 Å². The normalized spacial score (nSPS) is 16.9. The molecule has 0 spiro atoms. The first-order valence-electron chi connectivity index (χ1n) is 6.96. The SMILES string of the molecule is Cl.O=C(Nc1ccc([C@H]2CCNC2)cc1)c1cc(Cl)ccn1. The lowest BCUT2D eigenvalue weighted by Gasteiger charge is -2.10. The van der Waals surface area contributed by atoms with Gasteiger partial charge in [-0.2, -0.15) is 0 Å². The number of carbonyl (C=O) groups excluding carboxylic acids is 1. The van der Waals surface area contributed by atoms with Gasteiger partial charge in [0.05, 0.1) is 0 Å². The molecule has 0 unspecified atom stereocenters. The molecule has 1 amide bonds. The van der Waals surface area contributed by atoms with Crippen molar-refractivity contribution in [2.24, 2.45) is 0 Å². The fraction of sp³-hybridized carbons (Fsp3) is 0.250. The zero-order valence-corrected chi connectivity index (χ0v) is 13.5. The largest absolute Gasteiger partial charge is 0.321 e. The summed E-state index contributed by atoms with van der Waals surface area (Å²) in [4.78, 5) is 16.1. The van der Waals surface area contributed by atoms with Gasteiger partial charge in [-0.1, -0.05) is 23.7 Å². The third kappa shape index (κ3) is 3.97. The molecule has 2 N–H and O–H groups in total. The van der Waals surface area contributed by atoms with Crippen molar-refractivity contribution in [2.45, 2.75) is 12.3 Å². The Hall–Kier alpha value is -1.62. The van der Waals surface area contributed by atoms with Gasteiger partial charge in [-0.15, -0.1) is 12.4 Å². The lowest BCUT2D eigenvalue weighted by atomic mass is 9.98. The van der Waals surface area contributed by atoms with Gasteiger partial charge >= 0.3 is 0 Å². The van der Waals surface area contributed by atoms with Crippen LogP contribution in [-0.2, 0) is 0 Å². The molecule has 1 saturated heterocycles. The van der Waals surface area contributed by atoms with E-state index in [-0.39, 0.29) is 18.3 Å². The molecular weight excluding hydrogens is 321 g/mol. The van der Waals surface area contributed by atoms with Gasteiger partial charge in [-0.3, -0.25) is 9.78 Å². The molecule has 116 valence electrons. The van der Waals surface area contributed by atoms with Crippen molar-refractivity contribution < 1.29 is 4.79 Å². The number of pyridine rings is 1. The molecule has 0 radical (unpaired) electrons. The number of nitrogens with zero attached hydrogens (tertiary/aromatic N) is 1. The van der Waals surface area contributed by atoms with Crippen molar-refractivity contribution in [3.05, 3.63) is 58.9 Å². The molecular formula is C16H17Cl2N3O. The van der Waals surface area contributed by atoms with Gasteiger partial charge in [0.15, 0.2) is 0 Å². The second-order valence-electron chi connectivity index (χ2n) is 5.13. The Labute approximate surface area is 140 Å². The Morgan fingerprint density at radius 2 is 2.05 bits per heavy atom. The van der Waals surface area contributed by atoms with Crippen LogP contribution in [0.3, 0.4) is 0 Å². The summed E-state index contributed by atoms with van der Waals surface area (Å²) in [5.74, 6) is 0.317. The van der Waals surface area contributed by atoms with Gasteiger partial charge < -0.3 is 10.6 Å². The molecule has 1 aromatic carbocycles. The maximum atomic E-state index is 12.1. The average Bonchev–Trinajstić information content (AvgIpc) is 3.02. The number of anilines is 1. The second kappa shape index (κ2) is 7.58. The molecule has 1 aliphatic heterocycles. The smallest absolute Gasteiger partial charge is 0.274 e. The highest BCUT2D eigenvalue weighted by Crippen LogP contribution is 2.23. The van der Waals surface area contributed by atoms with Gasteiger partial charge in [-0.25, -0.2) is 0 Å². The van der Waals surface area contributed by atoms with E-state index in [4.69, 9.17) is 11.6 Å². The second-order valence-corrected chi connectivity index (χ2v) is 5.56. The van der Waals surface area contributed by atoms with E-state index in [9.17, 15) is 4.79 Å². The highest BCUT2D eigenvalue weighted by atomic mass is 35.5. The predicted octanol–water partition coefficient (Wildman–Crippen LogP) is 3.49. The first-order chi connectivity index (χ1) is 10.2. The lowest BCUT2D eigenvalue weighted by Crippen LogP contribution is -2.13. The molecule has 1 aromatic heterocycles. The molecule has 1 aliphatic rings. The molecule has 0 aliphatic carbocycles. The minimum absolute atomic E-state index is 0. The number of carbonyl (C=O) groups is 1. The lowest BCUT2D eigenvalue weighted by molar-refractivity contribution is 0.102. The highest BCUT2D eigenvalue weighted by molar-refractivity contribution is 6.30. The Morgan fingerprint density at radius 3 is 2.68 bits per heavy atom. The van der Waals surface area contributed by atoms with Gasteiger partial charge in [0.2, 0.25) is 0 Å². The minimum Gasteiger partial charge on any atom is -0.321 e. The number of hydrogen-bond acceptors (Lipinski definition) is 3. The van der Waals surface area contributed by atoms with Gasteiger partial charge in [0.25, 0.3) is 5.91 Å². The van der Waals surface area contributed by atoms with E-state index >= 15 is 0 Å². The topological polar surface area (TPSA) is 54.0 Å². The third-order valence-corrected chi connectivity index (χ3v) is 3.89. The number of rotatable bonds is 3. The molecule has 2 aromatic rings. The summed E-state index contributed by atoms with van der Waals surface area (Å²) in [5, 5.41) is 6.68. The van der Waals surface area contributed by atoms with Gasteiger partial charge in [0.1, 0.15) is 5.69 Å². The average molecular weight is 338 g/mol. The molecule has 1 atom stereocenters. The molecule has 22 heavy (non-hydrogen) atoms. The minimum atomic E-state index is -0.257. The summed E-state index contributed by atoms with van der Waals surface area (Å²) >= 11 is 5.86. The van der Waals surface area contributed by atoms with Crippen molar-refractivity contribution in [3.8, 4) is 0 Å². The summed E-state index contributed by atoms with van der Waals surface area (Å²) in [7, 11) is 0. The van der Waals surface area contributed by atoms with Crippen LogP contribution in [0, 0.1) is 0 Å². The van der Waals surface area contributed by atoms with Gasteiger partial charge in [0, 0.05) is 23.5 Å². The van der Waals surface area contributed by atoms with Crippen LogP contribution in [-0.4, -0.2) is 24.0 Å². The fourth-order valence-electron chi connectivity index (χ4n) is 2.50. The summed E-state index contributed by atoms with van der Waals surface area (Å²) < 4.78 is 0. The van der Waals surface area contributed by atoms with Crippen molar-refractivity contribution in [1.82, 2.24) is 10.3 Å². The number of nitrogens with one attached hydrogen (secondary N) is 2. The van der Waals surface area contributed by atoms with Crippen LogP contribution in [0.4, 0.5) is 5.69 Å². The van der Waals surface area contributed by atoms with E-state index < -0.39 is 0 Å². The maximum Gasteiger partial charge on any atom is 0.274 e. The summed E-state index contributed by atoms with van der Waals surface area (Å²) in [6.45, 7) is 2.10. The molecule has 0 bridgehead atoms. The number of amides is 1. The van der Waals surface area contributed by atoms with Crippen molar-refractivity contribution in [1.29, 1.82) is 0 Å². The molecule has 2 heterocycles. The number of halogens is 2. The number of benzene rings is 1. The molecule has 0 saturated carbocycles. The monoisotopic (exact) mass is 337 g/mol. The van der Waals surface area contributed by atoms with Gasteiger partial charge in [-0.05, 0) is 48.7 Å². The van der Waals surface area contributed by atoms with Crippen LogP contribution < -0.4 is 10.6 Å². The first-order valence-corrected chi connectivity index (χ1v) is 7.34. The van der Waals surface area contributed by atoms with Crippen LogP contribution in [0.15, 0.2) is 42.6 Å². The third-order valence-electron chi connectivity index (χ3n) is 3.65. The van der Waals surface area contributed by atoms with Crippen molar-refractivity contribution >= 4 is 35.6 Å². The van der Waals surface area contributed by atoms with E-state index in [1.165, 1.54) is 11.8 Å². The Kier molecular flexibility index (Phi) is 5.77. The fourth-order valence-corrected chi connectivity index (χ4v) is 2.66. The first kappa shape index (κ1) is 16.7. The van der Waals surface area contributed by atoms with E-state index in [1.54, 1.807) is 12.1 Å². The van der Waals surface area contributed by atoms with Crippen LogP contribution in [0.1, 0.15) is 28.4 Å². The number of hydrogen-bond donors (Lipinski definition) is 2. The Bertz CT molecular complexity index is 640. The molecule has 4 nitrogen and oxygen atoms in total. The number of aromatic nitrogens is 1. The molecule has 3 rings (SSSR count). The van der Waals surface area contributed by atoms with E-state index in [0.717, 1.165) is 25.2 Å².